The lowest BCUT2D eigenvalue weighted by atomic mass is 10.3. The number of likely N-dealkylation sites (N-methyl/N-ethyl adjacent to an activating group) is 1. The molecule has 0 bridgehead atoms. The Balaban J connectivity index is 1.56. The van der Waals surface area contributed by atoms with Crippen molar-refractivity contribution < 1.29 is 13.2 Å². The van der Waals surface area contributed by atoms with Crippen molar-refractivity contribution in [1.82, 2.24) is 9.21 Å². The second kappa shape index (κ2) is 8.18. The Bertz CT molecular complexity index is 862. The molecule has 1 aliphatic heterocycles. The lowest BCUT2D eigenvalue weighted by Crippen LogP contribution is -2.51. The Morgan fingerprint density at radius 2 is 1.77 bits per heavy atom. The zero-order chi connectivity index (χ0) is 18.7. The standard InChI is InChI=1S/C17H20BrN3O3S2/c1-19(14-5-3-2-4-6-14)16(22)13-20-9-11-21(12-10-20)26(23,24)17-8-7-15(18)25-17/h2-8H,9-13H2,1H3. The van der Waals surface area contributed by atoms with Crippen molar-refractivity contribution in [2.45, 2.75) is 4.21 Å². The Kier molecular flexibility index (Phi) is 6.13. The third-order valence-corrected chi connectivity index (χ3v) is 8.34. The SMILES string of the molecule is CN(C(=O)CN1CCN(S(=O)(=O)c2ccc(Br)s2)CC1)c1ccccc1. The van der Waals surface area contributed by atoms with Crippen molar-refractivity contribution in [3.63, 3.8) is 0 Å². The molecule has 1 aromatic carbocycles. The molecule has 3 rings (SSSR count). The minimum Gasteiger partial charge on any atom is -0.314 e. The average Bonchev–Trinajstić information content (AvgIpc) is 3.09. The van der Waals surface area contributed by atoms with Gasteiger partial charge in [-0.3, -0.25) is 9.69 Å². The Hall–Kier alpha value is -1.26. The number of piperazine rings is 1. The molecule has 1 amide bonds. The summed E-state index contributed by atoms with van der Waals surface area (Å²) < 4.78 is 27.9. The van der Waals surface area contributed by atoms with Crippen LogP contribution >= 0.6 is 27.3 Å². The zero-order valence-electron chi connectivity index (χ0n) is 14.3. The van der Waals surface area contributed by atoms with E-state index in [1.807, 2.05) is 35.2 Å². The predicted molar refractivity (Wildman–Crippen MR) is 107 cm³/mol. The van der Waals surface area contributed by atoms with Crippen molar-refractivity contribution in [2.24, 2.45) is 0 Å². The third-order valence-electron chi connectivity index (χ3n) is 4.35. The molecule has 140 valence electrons. The van der Waals surface area contributed by atoms with Crippen LogP contribution in [0, 0.1) is 0 Å². The van der Waals surface area contributed by atoms with Gasteiger partial charge >= 0.3 is 0 Å². The number of carbonyl (C=O) groups is 1. The minimum atomic E-state index is -3.45. The summed E-state index contributed by atoms with van der Waals surface area (Å²) in [6.07, 6.45) is 0. The highest BCUT2D eigenvalue weighted by molar-refractivity contribution is 9.11. The van der Waals surface area contributed by atoms with E-state index in [9.17, 15) is 13.2 Å². The largest absolute Gasteiger partial charge is 0.314 e. The maximum Gasteiger partial charge on any atom is 0.252 e. The van der Waals surface area contributed by atoms with Gasteiger partial charge in [0.15, 0.2) is 0 Å². The first-order chi connectivity index (χ1) is 12.4. The molecule has 0 spiro atoms. The molecule has 1 aliphatic rings. The van der Waals surface area contributed by atoms with Crippen LogP contribution in [-0.4, -0.2) is 63.3 Å². The number of thiophene rings is 1. The maximum atomic E-state index is 12.6. The first-order valence-electron chi connectivity index (χ1n) is 8.17. The van der Waals surface area contributed by atoms with Crippen molar-refractivity contribution >= 4 is 48.9 Å². The van der Waals surface area contributed by atoms with E-state index in [1.54, 1.807) is 24.1 Å². The Labute approximate surface area is 166 Å². The lowest BCUT2D eigenvalue weighted by Gasteiger charge is -2.34. The quantitative estimate of drug-likeness (QED) is 0.691. The number of carbonyl (C=O) groups excluding carboxylic acids is 1. The molecular formula is C17H20BrN3O3S2. The average molecular weight is 458 g/mol. The number of halogens is 1. The van der Waals surface area contributed by atoms with Gasteiger partial charge in [-0.1, -0.05) is 18.2 Å². The molecular weight excluding hydrogens is 438 g/mol. The van der Waals surface area contributed by atoms with Crippen molar-refractivity contribution in [2.75, 3.05) is 44.7 Å². The fraction of sp³-hybridized carbons (Fsp3) is 0.353. The molecule has 0 radical (unpaired) electrons. The van der Waals surface area contributed by atoms with Crippen molar-refractivity contribution in [3.05, 3.63) is 46.3 Å². The summed E-state index contributed by atoms with van der Waals surface area (Å²) in [5.41, 5.74) is 0.849. The second-order valence-corrected chi connectivity index (χ2v) is 10.7. The fourth-order valence-electron chi connectivity index (χ4n) is 2.78. The second-order valence-electron chi connectivity index (χ2n) is 6.03. The Morgan fingerprint density at radius 1 is 1.12 bits per heavy atom. The molecule has 2 heterocycles. The van der Waals surface area contributed by atoms with Gasteiger partial charge in [0, 0.05) is 38.9 Å². The number of nitrogens with zero attached hydrogens (tertiary/aromatic N) is 3. The van der Waals surface area contributed by atoms with Gasteiger partial charge in [0.25, 0.3) is 10.0 Å². The monoisotopic (exact) mass is 457 g/mol. The van der Waals surface area contributed by atoms with Crippen LogP contribution in [0.3, 0.4) is 0 Å². The highest BCUT2D eigenvalue weighted by Crippen LogP contribution is 2.28. The molecule has 0 aliphatic carbocycles. The molecule has 0 unspecified atom stereocenters. The summed E-state index contributed by atoms with van der Waals surface area (Å²) in [5.74, 6) is -0.00491. The Morgan fingerprint density at radius 3 is 2.35 bits per heavy atom. The van der Waals surface area contributed by atoms with E-state index in [2.05, 4.69) is 15.9 Å². The van der Waals surface area contributed by atoms with Gasteiger partial charge in [0.1, 0.15) is 4.21 Å². The summed E-state index contributed by atoms with van der Waals surface area (Å²) in [4.78, 5) is 16.1. The first-order valence-corrected chi connectivity index (χ1v) is 11.2. The first kappa shape index (κ1) is 19.5. The van der Waals surface area contributed by atoms with E-state index in [1.165, 1.54) is 15.6 Å². The topological polar surface area (TPSA) is 60.9 Å². The smallest absolute Gasteiger partial charge is 0.252 e. The number of sulfonamides is 1. The van der Waals surface area contributed by atoms with Crippen molar-refractivity contribution in [3.8, 4) is 0 Å². The number of para-hydroxylation sites is 1. The van der Waals surface area contributed by atoms with Gasteiger partial charge in [-0.15, -0.1) is 11.3 Å². The van der Waals surface area contributed by atoms with E-state index in [4.69, 9.17) is 0 Å². The summed E-state index contributed by atoms with van der Waals surface area (Å²) >= 11 is 4.52. The number of benzene rings is 1. The van der Waals surface area contributed by atoms with Crippen LogP contribution in [0.25, 0.3) is 0 Å². The van der Waals surface area contributed by atoms with Crippen LogP contribution in [0.2, 0.25) is 0 Å². The van der Waals surface area contributed by atoms with Crippen LogP contribution in [0.15, 0.2) is 50.5 Å². The number of rotatable bonds is 5. The molecule has 6 nitrogen and oxygen atoms in total. The maximum absolute atomic E-state index is 12.6. The molecule has 0 N–H and O–H groups in total. The number of hydrogen-bond donors (Lipinski definition) is 0. The van der Waals surface area contributed by atoms with E-state index in [0.717, 1.165) is 9.47 Å². The van der Waals surface area contributed by atoms with Crippen molar-refractivity contribution in [1.29, 1.82) is 0 Å². The molecule has 1 aromatic heterocycles. The summed E-state index contributed by atoms with van der Waals surface area (Å²) in [6.45, 7) is 2.14. The highest BCUT2D eigenvalue weighted by Gasteiger charge is 2.30. The summed E-state index contributed by atoms with van der Waals surface area (Å²) in [6, 6.07) is 12.8. The van der Waals surface area contributed by atoms with Gasteiger partial charge in [-0.2, -0.15) is 4.31 Å². The molecule has 26 heavy (non-hydrogen) atoms. The van der Waals surface area contributed by atoms with Crippen LogP contribution in [0.1, 0.15) is 0 Å². The summed E-state index contributed by atoms with van der Waals surface area (Å²) in [7, 11) is -1.70. The van der Waals surface area contributed by atoms with Gasteiger partial charge in [-0.25, -0.2) is 8.42 Å². The number of amides is 1. The molecule has 1 saturated heterocycles. The van der Waals surface area contributed by atoms with E-state index in [-0.39, 0.29) is 12.5 Å². The van der Waals surface area contributed by atoms with E-state index in [0.29, 0.717) is 30.4 Å². The molecule has 2 aromatic rings. The highest BCUT2D eigenvalue weighted by atomic mass is 79.9. The van der Waals surface area contributed by atoms with Crippen LogP contribution in [0.5, 0.6) is 0 Å². The third kappa shape index (κ3) is 4.34. The molecule has 9 heteroatoms. The number of hydrogen-bond acceptors (Lipinski definition) is 5. The van der Waals surface area contributed by atoms with Gasteiger partial charge in [0.2, 0.25) is 5.91 Å². The molecule has 0 atom stereocenters. The normalized spacial score (nSPS) is 16.5. The van der Waals surface area contributed by atoms with E-state index < -0.39 is 10.0 Å². The van der Waals surface area contributed by atoms with Gasteiger partial charge in [-0.05, 0) is 40.2 Å². The van der Waals surface area contributed by atoms with Gasteiger partial charge in [0.05, 0.1) is 10.3 Å². The van der Waals surface area contributed by atoms with Crippen LogP contribution in [0.4, 0.5) is 5.69 Å². The predicted octanol–water partition coefficient (Wildman–Crippen LogP) is 2.48. The number of anilines is 1. The minimum absolute atomic E-state index is 0.00491. The molecule has 1 fully saturated rings. The summed E-state index contributed by atoms with van der Waals surface area (Å²) in [5, 5.41) is 0. The zero-order valence-corrected chi connectivity index (χ0v) is 17.6. The van der Waals surface area contributed by atoms with Gasteiger partial charge < -0.3 is 4.90 Å². The lowest BCUT2D eigenvalue weighted by molar-refractivity contribution is -0.119. The van der Waals surface area contributed by atoms with Crippen LogP contribution < -0.4 is 4.90 Å². The van der Waals surface area contributed by atoms with Crippen LogP contribution in [-0.2, 0) is 14.8 Å². The molecule has 0 saturated carbocycles. The van der Waals surface area contributed by atoms with E-state index >= 15 is 0 Å². The fourth-order valence-corrected chi connectivity index (χ4v) is 6.37.